The second kappa shape index (κ2) is 10.9. The van der Waals surface area contributed by atoms with E-state index in [1.807, 2.05) is 39.0 Å². The summed E-state index contributed by atoms with van der Waals surface area (Å²) < 4.78 is 41.5. The number of aromatic amines is 1. The first-order chi connectivity index (χ1) is 18.8. The third-order valence-corrected chi connectivity index (χ3v) is 9.17. The zero-order chi connectivity index (χ0) is 28.8. The third-order valence-electron chi connectivity index (χ3n) is 7.05. The summed E-state index contributed by atoms with van der Waals surface area (Å²) in [6.07, 6.45) is 1.35. The van der Waals surface area contributed by atoms with Crippen LogP contribution < -0.4 is 5.69 Å². The molecule has 40 heavy (non-hydrogen) atoms. The van der Waals surface area contributed by atoms with Gasteiger partial charge in [-0.2, -0.15) is 13.2 Å². The SMILES string of the molecule is CC(C)(C)c1cc(SC(F)(F)F)cc(-c2nc(C3CCN(C(=O)Cn4c(=O)[nH]c5ccccc54)CC3)sc2Cl)c1. The van der Waals surface area contributed by atoms with E-state index in [1.54, 1.807) is 23.1 Å². The van der Waals surface area contributed by atoms with Crippen LogP contribution in [0.3, 0.4) is 0 Å². The van der Waals surface area contributed by atoms with E-state index in [0.717, 1.165) is 10.6 Å². The maximum absolute atomic E-state index is 13.2. The van der Waals surface area contributed by atoms with Gasteiger partial charge in [0.1, 0.15) is 16.6 Å². The molecule has 2 aromatic carbocycles. The Bertz CT molecular complexity index is 1610. The Morgan fingerprint density at radius 3 is 2.52 bits per heavy atom. The van der Waals surface area contributed by atoms with E-state index in [2.05, 4.69) is 4.98 Å². The van der Waals surface area contributed by atoms with Crippen molar-refractivity contribution < 1.29 is 18.0 Å². The Balaban J connectivity index is 1.31. The summed E-state index contributed by atoms with van der Waals surface area (Å²) in [7, 11) is 0. The highest BCUT2D eigenvalue weighted by molar-refractivity contribution is 8.00. The van der Waals surface area contributed by atoms with Crippen LogP contribution in [0.25, 0.3) is 22.3 Å². The quantitative estimate of drug-likeness (QED) is 0.239. The van der Waals surface area contributed by atoms with E-state index in [4.69, 9.17) is 16.6 Å². The number of nitrogens with zero attached hydrogens (tertiary/aromatic N) is 3. The molecule has 212 valence electrons. The first kappa shape index (κ1) is 28.8. The van der Waals surface area contributed by atoms with Crippen molar-refractivity contribution in [1.82, 2.24) is 19.4 Å². The van der Waals surface area contributed by atoms with E-state index in [9.17, 15) is 22.8 Å². The molecule has 0 radical (unpaired) electrons. The minimum Gasteiger partial charge on any atom is -0.341 e. The summed E-state index contributed by atoms with van der Waals surface area (Å²) in [5.74, 6) is -0.0530. The Kier molecular flexibility index (Phi) is 7.84. The molecule has 3 heterocycles. The number of para-hydroxylation sites is 2. The molecule has 0 bridgehead atoms. The summed E-state index contributed by atoms with van der Waals surface area (Å²) in [6, 6.07) is 12.2. The summed E-state index contributed by atoms with van der Waals surface area (Å²) in [5, 5.41) is 0.811. The normalized spacial score (nSPS) is 15.2. The number of benzene rings is 2. The molecule has 1 saturated heterocycles. The molecule has 6 nitrogen and oxygen atoms in total. The number of imidazole rings is 1. The Morgan fingerprint density at radius 2 is 1.85 bits per heavy atom. The largest absolute Gasteiger partial charge is 0.446 e. The third kappa shape index (κ3) is 6.26. The number of rotatable bonds is 5. The number of carbonyl (C=O) groups is 1. The number of alkyl halides is 3. The fraction of sp³-hybridized carbons (Fsp3) is 0.393. The van der Waals surface area contributed by atoms with Gasteiger partial charge < -0.3 is 9.88 Å². The Labute approximate surface area is 242 Å². The predicted molar refractivity (Wildman–Crippen MR) is 154 cm³/mol. The van der Waals surface area contributed by atoms with Gasteiger partial charge in [0, 0.05) is 29.5 Å². The molecule has 1 amide bonds. The molecule has 4 aromatic rings. The van der Waals surface area contributed by atoms with Gasteiger partial charge >= 0.3 is 11.2 Å². The van der Waals surface area contributed by atoms with Gasteiger partial charge in [0.25, 0.3) is 0 Å². The fourth-order valence-corrected chi connectivity index (χ4v) is 6.92. The average Bonchev–Trinajstić information content (AvgIpc) is 3.42. The molecular weight excluding hydrogens is 581 g/mol. The van der Waals surface area contributed by atoms with E-state index in [0.29, 0.717) is 52.6 Å². The molecule has 0 atom stereocenters. The first-order valence-electron chi connectivity index (χ1n) is 12.8. The van der Waals surface area contributed by atoms with Crippen molar-refractivity contribution in [3.8, 4) is 11.3 Å². The smallest absolute Gasteiger partial charge is 0.341 e. The fourth-order valence-electron chi connectivity index (χ4n) is 4.91. The van der Waals surface area contributed by atoms with Gasteiger partial charge in [-0.3, -0.25) is 9.36 Å². The lowest BCUT2D eigenvalue weighted by Crippen LogP contribution is -2.40. The molecule has 0 spiro atoms. The maximum Gasteiger partial charge on any atom is 0.446 e. The minimum atomic E-state index is -4.40. The second-order valence-electron chi connectivity index (χ2n) is 10.9. The van der Waals surface area contributed by atoms with Crippen LogP contribution in [0.15, 0.2) is 52.2 Å². The molecule has 0 unspecified atom stereocenters. The highest BCUT2D eigenvalue weighted by Crippen LogP contribution is 2.43. The van der Waals surface area contributed by atoms with Crippen molar-refractivity contribution in [2.45, 2.75) is 61.9 Å². The zero-order valence-electron chi connectivity index (χ0n) is 22.1. The lowest BCUT2D eigenvalue weighted by molar-refractivity contribution is -0.132. The number of hydrogen-bond donors (Lipinski definition) is 1. The lowest BCUT2D eigenvalue weighted by Gasteiger charge is -2.31. The molecule has 1 N–H and O–H groups in total. The van der Waals surface area contributed by atoms with E-state index in [-0.39, 0.29) is 46.1 Å². The number of piperidine rings is 1. The number of fused-ring (bicyclic) bond motifs is 1. The molecule has 0 aliphatic carbocycles. The minimum absolute atomic E-state index is 0.0386. The second-order valence-corrected chi connectivity index (χ2v) is 13.7. The predicted octanol–water partition coefficient (Wildman–Crippen LogP) is 7.42. The van der Waals surface area contributed by atoms with E-state index in [1.165, 1.54) is 22.0 Å². The number of H-pyrrole nitrogens is 1. The monoisotopic (exact) mass is 608 g/mol. The van der Waals surface area contributed by atoms with Crippen LogP contribution in [0.5, 0.6) is 0 Å². The van der Waals surface area contributed by atoms with Gasteiger partial charge in [0.2, 0.25) is 5.91 Å². The topological polar surface area (TPSA) is 71.0 Å². The van der Waals surface area contributed by atoms with Crippen LogP contribution in [0.2, 0.25) is 4.34 Å². The number of hydrogen-bond acceptors (Lipinski definition) is 5. The van der Waals surface area contributed by atoms with Crippen LogP contribution in [-0.2, 0) is 16.8 Å². The van der Waals surface area contributed by atoms with E-state index < -0.39 is 5.51 Å². The van der Waals surface area contributed by atoms with Crippen molar-refractivity contribution in [1.29, 1.82) is 0 Å². The number of halogens is 4. The number of carbonyl (C=O) groups excluding carboxylic acids is 1. The standard InChI is InChI=1S/C28H28ClF3N4O2S2/c1-27(2,3)18-12-17(13-19(14-18)40-28(30,31)32)23-24(29)39-25(34-23)16-8-10-35(11-9-16)22(37)15-36-21-7-5-4-6-20(21)33-26(36)38/h4-7,12-14,16H,8-11,15H2,1-3H3,(H,33,38). The number of likely N-dealkylation sites (tertiary alicyclic amines) is 1. The number of thiazole rings is 1. The Morgan fingerprint density at radius 1 is 1.15 bits per heavy atom. The summed E-state index contributed by atoms with van der Waals surface area (Å²) in [4.78, 5) is 34.8. The first-order valence-corrected chi connectivity index (χ1v) is 14.8. The number of nitrogens with one attached hydrogen (secondary N) is 1. The van der Waals surface area contributed by atoms with Gasteiger partial charge in [0.05, 0.1) is 16.0 Å². The van der Waals surface area contributed by atoms with Gasteiger partial charge in [0.15, 0.2) is 0 Å². The maximum atomic E-state index is 13.2. The molecule has 1 aliphatic heterocycles. The van der Waals surface area contributed by atoms with Crippen molar-refractivity contribution in [3.63, 3.8) is 0 Å². The zero-order valence-corrected chi connectivity index (χ0v) is 24.5. The van der Waals surface area contributed by atoms with Gasteiger partial charge in [-0.25, -0.2) is 9.78 Å². The number of thioether (sulfide) groups is 1. The van der Waals surface area contributed by atoms with Gasteiger partial charge in [-0.15, -0.1) is 11.3 Å². The molecule has 2 aromatic heterocycles. The molecule has 1 aliphatic rings. The van der Waals surface area contributed by atoms with Crippen molar-refractivity contribution >= 4 is 51.6 Å². The molecule has 0 saturated carbocycles. The van der Waals surface area contributed by atoms with Crippen molar-refractivity contribution in [2.75, 3.05) is 13.1 Å². The molecular formula is C28H28ClF3N4O2S2. The average molecular weight is 609 g/mol. The summed E-state index contributed by atoms with van der Waals surface area (Å²) in [5.41, 5.74) is -1.90. The summed E-state index contributed by atoms with van der Waals surface area (Å²) in [6.45, 7) is 6.84. The lowest BCUT2D eigenvalue weighted by atomic mass is 9.86. The molecule has 1 fully saturated rings. The number of amides is 1. The summed E-state index contributed by atoms with van der Waals surface area (Å²) >= 11 is 7.79. The van der Waals surface area contributed by atoms with Gasteiger partial charge in [-0.1, -0.05) is 44.5 Å². The van der Waals surface area contributed by atoms with Crippen LogP contribution in [0.1, 0.15) is 50.1 Å². The van der Waals surface area contributed by atoms with Gasteiger partial charge in [-0.05, 0) is 65.9 Å². The molecule has 5 rings (SSSR count). The van der Waals surface area contributed by atoms with Crippen LogP contribution in [-0.4, -0.2) is 43.9 Å². The van der Waals surface area contributed by atoms with Crippen LogP contribution >= 0.6 is 34.7 Å². The Hall–Kier alpha value is -2.76. The van der Waals surface area contributed by atoms with Crippen LogP contribution in [0, 0.1) is 0 Å². The van der Waals surface area contributed by atoms with Crippen LogP contribution in [0.4, 0.5) is 13.2 Å². The highest BCUT2D eigenvalue weighted by Gasteiger charge is 2.31. The van der Waals surface area contributed by atoms with Crippen molar-refractivity contribution in [3.05, 3.63) is 67.9 Å². The number of aromatic nitrogens is 3. The van der Waals surface area contributed by atoms with Crippen molar-refractivity contribution in [2.24, 2.45) is 0 Å². The van der Waals surface area contributed by atoms with E-state index >= 15 is 0 Å². The highest BCUT2D eigenvalue weighted by atomic mass is 35.5. The molecule has 12 heteroatoms.